The van der Waals surface area contributed by atoms with Gasteiger partial charge in [0, 0.05) is 0 Å². The van der Waals surface area contributed by atoms with Crippen molar-refractivity contribution in [3.05, 3.63) is 0 Å². The summed E-state index contributed by atoms with van der Waals surface area (Å²) in [5.41, 5.74) is 0. The lowest BCUT2D eigenvalue weighted by Crippen LogP contribution is -2.43. The molecule has 0 aromatic carbocycles. The van der Waals surface area contributed by atoms with E-state index in [1.54, 1.807) is 57.8 Å². The number of hydrogen-bond acceptors (Lipinski definition) is 0. The Morgan fingerprint density at radius 1 is 0.478 bits per heavy atom. The van der Waals surface area contributed by atoms with Crippen LogP contribution in [0.25, 0.3) is 0 Å². The second-order valence-electron chi connectivity index (χ2n) is 8.94. The standard InChI is InChI=1S/C11H18.C8H14.2C2H6/c1-7-10-3-8-2-9(5-10)6-11(7)4-8;1-6-4-7-2-3-8(6)5-7;2*1-2/h7-11H,2-6H2,1H3;6-8H,2-5H2,1H3;2*1-2H3. The maximum absolute atomic E-state index is 2.51. The second kappa shape index (κ2) is 8.91. The van der Waals surface area contributed by atoms with Crippen LogP contribution in [-0.4, -0.2) is 0 Å². The predicted molar refractivity (Wildman–Crippen MR) is 104 cm³/mol. The van der Waals surface area contributed by atoms with Crippen LogP contribution in [0.3, 0.4) is 0 Å². The van der Waals surface area contributed by atoms with Gasteiger partial charge in [0.05, 0.1) is 0 Å². The van der Waals surface area contributed by atoms with Crippen LogP contribution in [0.1, 0.15) is 99.3 Å². The molecule has 0 heterocycles. The highest BCUT2D eigenvalue weighted by Crippen LogP contribution is 2.56. The topological polar surface area (TPSA) is 0 Å². The molecular weight excluding hydrogens is 276 g/mol. The molecule has 0 saturated heterocycles. The summed E-state index contributed by atoms with van der Waals surface area (Å²) in [7, 11) is 0. The molecule has 0 aliphatic heterocycles. The van der Waals surface area contributed by atoms with Crippen molar-refractivity contribution >= 4 is 0 Å². The molecule has 23 heavy (non-hydrogen) atoms. The summed E-state index contributed by atoms with van der Waals surface area (Å²) in [5.74, 6) is 9.06. The van der Waals surface area contributed by atoms with E-state index in [2.05, 4.69) is 13.8 Å². The molecule has 6 saturated carbocycles. The van der Waals surface area contributed by atoms with Crippen LogP contribution >= 0.6 is 0 Å². The van der Waals surface area contributed by atoms with Crippen LogP contribution in [-0.2, 0) is 0 Å². The first-order valence-corrected chi connectivity index (χ1v) is 11.2. The lowest BCUT2D eigenvalue weighted by Gasteiger charge is -2.53. The summed E-state index contributed by atoms with van der Waals surface area (Å²) in [4.78, 5) is 0. The van der Waals surface area contributed by atoms with Gasteiger partial charge in [0.2, 0.25) is 0 Å². The third-order valence-electron chi connectivity index (χ3n) is 7.79. The quantitative estimate of drug-likeness (QED) is 0.431. The summed E-state index contributed by atoms with van der Waals surface area (Å²) < 4.78 is 0. The summed E-state index contributed by atoms with van der Waals surface area (Å²) in [5, 5.41) is 0. The van der Waals surface area contributed by atoms with Gasteiger partial charge in [-0.15, -0.1) is 0 Å². The fourth-order valence-electron chi connectivity index (χ4n) is 6.76. The molecule has 6 bridgehead atoms. The molecule has 0 aromatic rings. The molecule has 6 rings (SSSR count). The maximum atomic E-state index is 2.51. The van der Waals surface area contributed by atoms with Gasteiger partial charge in [-0.25, -0.2) is 0 Å². The van der Waals surface area contributed by atoms with E-state index < -0.39 is 0 Å². The van der Waals surface area contributed by atoms with Gasteiger partial charge in [-0.2, -0.15) is 0 Å². The van der Waals surface area contributed by atoms with E-state index in [9.17, 15) is 0 Å². The van der Waals surface area contributed by atoms with E-state index in [0.29, 0.717) is 0 Å². The highest BCUT2D eigenvalue weighted by molar-refractivity contribution is 4.96. The molecule has 6 fully saturated rings. The van der Waals surface area contributed by atoms with E-state index in [1.165, 1.54) is 0 Å². The molecule has 136 valence electrons. The molecule has 3 unspecified atom stereocenters. The maximum Gasteiger partial charge on any atom is -0.0381 e. The Labute approximate surface area is 147 Å². The molecule has 6 aliphatic rings. The molecule has 0 amide bonds. The predicted octanol–water partition coefficient (Wildman–Crippen LogP) is 7.57. The fourth-order valence-corrected chi connectivity index (χ4v) is 6.76. The Morgan fingerprint density at radius 3 is 1.26 bits per heavy atom. The molecule has 0 heteroatoms. The molecule has 0 nitrogen and oxygen atoms in total. The zero-order valence-electron chi connectivity index (χ0n) is 17.0. The van der Waals surface area contributed by atoms with Crippen molar-refractivity contribution in [1.29, 1.82) is 0 Å². The molecule has 0 radical (unpaired) electrons. The van der Waals surface area contributed by atoms with Crippen LogP contribution in [0, 0.1) is 47.3 Å². The molecular formula is C23H44. The monoisotopic (exact) mass is 320 g/mol. The van der Waals surface area contributed by atoms with E-state index in [1.807, 2.05) is 27.7 Å². The van der Waals surface area contributed by atoms with Crippen LogP contribution in [0.15, 0.2) is 0 Å². The van der Waals surface area contributed by atoms with Crippen LogP contribution in [0.4, 0.5) is 0 Å². The zero-order chi connectivity index (χ0) is 17.0. The first-order valence-electron chi connectivity index (χ1n) is 11.2. The average Bonchev–Trinajstić information content (AvgIpc) is 3.18. The zero-order valence-corrected chi connectivity index (χ0v) is 17.0. The molecule has 0 spiro atoms. The van der Waals surface area contributed by atoms with Gasteiger partial charge in [-0.1, -0.05) is 48.0 Å². The van der Waals surface area contributed by atoms with Crippen LogP contribution in [0.5, 0.6) is 0 Å². The first-order chi connectivity index (χ1) is 11.2. The summed E-state index contributed by atoms with van der Waals surface area (Å²) in [6.45, 7) is 12.9. The Morgan fingerprint density at radius 2 is 0.957 bits per heavy atom. The van der Waals surface area contributed by atoms with E-state index in [0.717, 1.165) is 47.3 Å². The Kier molecular flexibility index (Phi) is 7.49. The first kappa shape index (κ1) is 19.3. The normalized spacial score (nSPS) is 47.7. The van der Waals surface area contributed by atoms with Crippen molar-refractivity contribution in [2.75, 3.05) is 0 Å². The Balaban J connectivity index is 0.000000142. The Bertz CT molecular complexity index is 301. The van der Waals surface area contributed by atoms with E-state index in [-0.39, 0.29) is 0 Å². The summed E-state index contributed by atoms with van der Waals surface area (Å²) in [6.07, 6.45) is 14.2. The smallest absolute Gasteiger partial charge is 0.0381 e. The minimum atomic E-state index is 1.08. The lowest BCUT2D eigenvalue weighted by atomic mass is 9.52. The number of hydrogen-bond donors (Lipinski definition) is 0. The summed E-state index contributed by atoms with van der Waals surface area (Å²) in [6, 6.07) is 0. The van der Waals surface area contributed by atoms with Crippen molar-refractivity contribution < 1.29 is 0 Å². The largest absolute Gasteiger partial charge is 0.0683 e. The fraction of sp³-hybridized carbons (Fsp3) is 1.00. The van der Waals surface area contributed by atoms with Gasteiger partial charge >= 0.3 is 0 Å². The van der Waals surface area contributed by atoms with Gasteiger partial charge in [-0.3, -0.25) is 0 Å². The van der Waals surface area contributed by atoms with Gasteiger partial charge in [0.1, 0.15) is 0 Å². The number of fused-ring (bicyclic) bond motifs is 2. The van der Waals surface area contributed by atoms with Crippen molar-refractivity contribution in [3.8, 4) is 0 Å². The molecule has 3 atom stereocenters. The summed E-state index contributed by atoms with van der Waals surface area (Å²) >= 11 is 0. The van der Waals surface area contributed by atoms with Crippen LogP contribution in [0.2, 0.25) is 0 Å². The van der Waals surface area contributed by atoms with Crippen molar-refractivity contribution in [3.63, 3.8) is 0 Å². The average molecular weight is 321 g/mol. The minimum Gasteiger partial charge on any atom is -0.0683 e. The third-order valence-corrected chi connectivity index (χ3v) is 7.79. The minimum absolute atomic E-state index is 1.08. The molecule has 6 aliphatic carbocycles. The SMILES string of the molecule is CC.CC.CC1C2CC3CC(C2)CC1C3.CC1CC2CCC1C2. The van der Waals surface area contributed by atoms with E-state index >= 15 is 0 Å². The lowest BCUT2D eigenvalue weighted by molar-refractivity contribution is -0.0282. The second-order valence-corrected chi connectivity index (χ2v) is 8.94. The van der Waals surface area contributed by atoms with Crippen molar-refractivity contribution in [2.24, 2.45) is 47.3 Å². The van der Waals surface area contributed by atoms with E-state index in [4.69, 9.17) is 0 Å². The van der Waals surface area contributed by atoms with Crippen molar-refractivity contribution in [2.45, 2.75) is 99.3 Å². The van der Waals surface area contributed by atoms with Gasteiger partial charge in [0.25, 0.3) is 0 Å². The van der Waals surface area contributed by atoms with Crippen LogP contribution < -0.4 is 0 Å². The van der Waals surface area contributed by atoms with Gasteiger partial charge < -0.3 is 0 Å². The third kappa shape index (κ3) is 4.35. The van der Waals surface area contributed by atoms with Crippen molar-refractivity contribution in [1.82, 2.24) is 0 Å². The molecule has 0 N–H and O–H groups in total. The Hall–Kier alpha value is 0. The molecule has 0 aromatic heterocycles. The van der Waals surface area contributed by atoms with Gasteiger partial charge in [0.15, 0.2) is 0 Å². The van der Waals surface area contributed by atoms with Gasteiger partial charge in [-0.05, 0) is 98.7 Å². The number of rotatable bonds is 0. The highest BCUT2D eigenvalue weighted by atomic mass is 14.5. The highest BCUT2D eigenvalue weighted by Gasteiger charge is 2.46.